The first kappa shape index (κ1) is 24.4. The number of carbonyl (C=O) groups is 3. The standard InChI is InChI=1S/C21H31FN2O5/c1-13(2)17(19(26)28-7)24(12-15-8-10-16(22)11-9-15)18(25)14(3)23-20(27)29-21(4,5)6/h8-11,13-14,17H,12H2,1-7H3,(H,23,27). The Morgan fingerprint density at radius 3 is 2.10 bits per heavy atom. The van der Waals surface area contributed by atoms with E-state index in [-0.39, 0.29) is 12.5 Å². The maximum absolute atomic E-state index is 13.2. The first-order valence-corrected chi connectivity index (χ1v) is 9.48. The van der Waals surface area contributed by atoms with Crippen LogP contribution in [0, 0.1) is 11.7 Å². The van der Waals surface area contributed by atoms with E-state index in [0.717, 1.165) is 0 Å². The van der Waals surface area contributed by atoms with E-state index in [1.807, 2.05) is 0 Å². The lowest BCUT2D eigenvalue weighted by atomic mass is 10.0. The first-order valence-electron chi connectivity index (χ1n) is 9.48. The zero-order valence-electron chi connectivity index (χ0n) is 18.1. The molecule has 29 heavy (non-hydrogen) atoms. The Labute approximate surface area is 171 Å². The second kappa shape index (κ2) is 10.2. The predicted octanol–water partition coefficient (Wildman–Crippen LogP) is 3.27. The smallest absolute Gasteiger partial charge is 0.408 e. The van der Waals surface area contributed by atoms with Crippen LogP contribution >= 0.6 is 0 Å². The van der Waals surface area contributed by atoms with E-state index >= 15 is 0 Å². The summed E-state index contributed by atoms with van der Waals surface area (Å²) in [5, 5.41) is 2.50. The van der Waals surface area contributed by atoms with Crippen molar-refractivity contribution < 1.29 is 28.2 Å². The predicted molar refractivity (Wildman–Crippen MR) is 106 cm³/mol. The van der Waals surface area contributed by atoms with Crippen LogP contribution in [0.2, 0.25) is 0 Å². The van der Waals surface area contributed by atoms with Gasteiger partial charge in [-0.3, -0.25) is 4.79 Å². The van der Waals surface area contributed by atoms with Gasteiger partial charge in [-0.25, -0.2) is 14.0 Å². The second-order valence-corrected chi connectivity index (χ2v) is 8.17. The highest BCUT2D eigenvalue weighted by atomic mass is 19.1. The molecule has 0 bridgehead atoms. The molecule has 0 spiro atoms. The van der Waals surface area contributed by atoms with E-state index < -0.39 is 41.5 Å². The zero-order valence-corrected chi connectivity index (χ0v) is 18.1. The van der Waals surface area contributed by atoms with Crippen LogP contribution < -0.4 is 5.32 Å². The number of hydrogen-bond donors (Lipinski definition) is 1. The summed E-state index contributed by atoms with van der Waals surface area (Å²) in [6, 6.07) is 3.81. The number of amides is 2. The number of nitrogens with zero attached hydrogens (tertiary/aromatic N) is 1. The van der Waals surface area contributed by atoms with Crippen molar-refractivity contribution >= 4 is 18.0 Å². The van der Waals surface area contributed by atoms with E-state index in [1.54, 1.807) is 34.6 Å². The molecule has 1 aromatic carbocycles. The summed E-state index contributed by atoms with van der Waals surface area (Å²) < 4.78 is 23.3. The van der Waals surface area contributed by atoms with Gasteiger partial charge in [0.25, 0.3) is 0 Å². The van der Waals surface area contributed by atoms with E-state index in [4.69, 9.17) is 9.47 Å². The van der Waals surface area contributed by atoms with Gasteiger partial charge in [-0.2, -0.15) is 0 Å². The highest BCUT2D eigenvalue weighted by Crippen LogP contribution is 2.19. The summed E-state index contributed by atoms with van der Waals surface area (Å²) in [6.07, 6.45) is -0.737. The molecule has 0 aliphatic rings. The van der Waals surface area contributed by atoms with Crippen molar-refractivity contribution in [2.24, 2.45) is 5.92 Å². The number of rotatable bonds is 7. The number of nitrogens with one attached hydrogen (secondary N) is 1. The summed E-state index contributed by atoms with van der Waals surface area (Å²) >= 11 is 0. The van der Waals surface area contributed by atoms with Gasteiger partial charge in [0, 0.05) is 6.54 Å². The molecule has 0 aliphatic carbocycles. The van der Waals surface area contributed by atoms with Gasteiger partial charge in [0.05, 0.1) is 7.11 Å². The molecule has 2 atom stereocenters. The van der Waals surface area contributed by atoms with Crippen LogP contribution in [-0.2, 0) is 25.6 Å². The number of methoxy groups -OCH3 is 1. The molecule has 2 unspecified atom stereocenters. The highest BCUT2D eigenvalue weighted by Gasteiger charge is 2.36. The molecule has 162 valence electrons. The molecular weight excluding hydrogens is 379 g/mol. The van der Waals surface area contributed by atoms with Crippen LogP contribution in [0.15, 0.2) is 24.3 Å². The average Bonchev–Trinajstić information content (AvgIpc) is 2.59. The van der Waals surface area contributed by atoms with Gasteiger partial charge in [0.1, 0.15) is 23.5 Å². The Morgan fingerprint density at radius 2 is 1.66 bits per heavy atom. The molecule has 0 heterocycles. The van der Waals surface area contributed by atoms with Gasteiger partial charge in [0.15, 0.2) is 0 Å². The summed E-state index contributed by atoms with van der Waals surface area (Å²) in [7, 11) is 1.25. The molecule has 2 amide bonds. The topological polar surface area (TPSA) is 84.9 Å². The third-order valence-electron chi connectivity index (χ3n) is 4.06. The summed E-state index contributed by atoms with van der Waals surface area (Å²) in [6.45, 7) is 10.3. The van der Waals surface area contributed by atoms with Crippen LogP contribution in [0.25, 0.3) is 0 Å². The molecule has 0 aromatic heterocycles. The van der Waals surface area contributed by atoms with Crippen LogP contribution in [0.1, 0.15) is 47.1 Å². The molecule has 0 fully saturated rings. The molecule has 1 N–H and O–H groups in total. The third kappa shape index (κ3) is 7.71. The van der Waals surface area contributed by atoms with Crippen LogP contribution in [0.4, 0.5) is 9.18 Å². The molecule has 0 saturated carbocycles. The average molecular weight is 410 g/mol. The van der Waals surface area contributed by atoms with Crippen molar-refractivity contribution in [1.82, 2.24) is 10.2 Å². The zero-order chi connectivity index (χ0) is 22.4. The number of benzene rings is 1. The number of esters is 1. The minimum Gasteiger partial charge on any atom is -0.467 e. The summed E-state index contributed by atoms with van der Waals surface area (Å²) in [5.74, 6) is -1.70. The molecule has 7 nitrogen and oxygen atoms in total. The van der Waals surface area contributed by atoms with E-state index in [0.29, 0.717) is 5.56 Å². The normalized spacial score (nSPS) is 13.4. The van der Waals surface area contributed by atoms with Crippen LogP contribution in [-0.4, -0.2) is 47.7 Å². The van der Waals surface area contributed by atoms with Crippen molar-refractivity contribution in [3.63, 3.8) is 0 Å². The lowest BCUT2D eigenvalue weighted by Gasteiger charge is -2.34. The molecular formula is C21H31FN2O5. The van der Waals surface area contributed by atoms with Crippen molar-refractivity contribution in [3.05, 3.63) is 35.6 Å². The van der Waals surface area contributed by atoms with Gasteiger partial charge in [-0.1, -0.05) is 26.0 Å². The molecule has 8 heteroatoms. The number of carbonyl (C=O) groups excluding carboxylic acids is 3. The SMILES string of the molecule is COC(=O)C(C(C)C)N(Cc1ccc(F)cc1)C(=O)C(C)NC(=O)OC(C)(C)C. The van der Waals surface area contributed by atoms with Crippen LogP contribution in [0.3, 0.4) is 0 Å². The van der Waals surface area contributed by atoms with E-state index in [1.165, 1.54) is 43.2 Å². The maximum Gasteiger partial charge on any atom is 0.408 e. The number of halogens is 1. The molecule has 0 aliphatic heterocycles. The largest absolute Gasteiger partial charge is 0.467 e. The van der Waals surface area contributed by atoms with Gasteiger partial charge in [-0.15, -0.1) is 0 Å². The van der Waals surface area contributed by atoms with E-state index in [9.17, 15) is 18.8 Å². The Bertz CT molecular complexity index is 713. The highest BCUT2D eigenvalue weighted by molar-refractivity contribution is 5.89. The first-order chi connectivity index (χ1) is 13.4. The number of ether oxygens (including phenoxy) is 2. The van der Waals surface area contributed by atoms with Crippen molar-refractivity contribution in [1.29, 1.82) is 0 Å². The fraction of sp³-hybridized carbons (Fsp3) is 0.571. The Morgan fingerprint density at radius 1 is 1.10 bits per heavy atom. The quantitative estimate of drug-likeness (QED) is 0.698. The van der Waals surface area contributed by atoms with Crippen molar-refractivity contribution in [2.75, 3.05) is 7.11 Å². The van der Waals surface area contributed by atoms with Gasteiger partial charge in [0.2, 0.25) is 5.91 Å². The fourth-order valence-corrected chi connectivity index (χ4v) is 2.77. The molecule has 1 rings (SSSR count). The Balaban J connectivity index is 3.13. The van der Waals surface area contributed by atoms with Crippen molar-refractivity contribution in [3.8, 4) is 0 Å². The molecule has 0 saturated heterocycles. The Kier molecular flexibility index (Phi) is 8.60. The fourth-order valence-electron chi connectivity index (χ4n) is 2.77. The third-order valence-corrected chi connectivity index (χ3v) is 4.06. The Hall–Kier alpha value is -2.64. The maximum atomic E-state index is 13.2. The second-order valence-electron chi connectivity index (χ2n) is 8.17. The van der Waals surface area contributed by atoms with E-state index in [2.05, 4.69) is 5.32 Å². The van der Waals surface area contributed by atoms with Gasteiger partial charge in [-0.05, 0) is 51.3 Å². The minimum absolute atomic E-state index is 0.0530. The van der Waals surface area contributed by atoms with Gasteiger partial charge >= 0.3 is 12.1 Å². The summed E-state index contributed by atoms with van der Waals surface area (Å²) in [4.78, 5) is 38.9. The van der Waals surface area contributed by atoms with Gasteiger partial charge < -0.3 is 19.7 Å². The minimum atomic E-state index is -0.948. The molecule has 1 aromatic rings. The lowest BCUT2D eigenvalue weighted by Crippen LogP contribution is -2.54. The number of hydrogen-bond acceptors (Lipinski definition) is 5. The lowest BCUT2D eigenvalue weighted by molar-refractivity contribution is -0.156. The molecule has 0 radical (unpaired) electrons. The summed E-state index contributed by atoms with van der Waals surface area (Å²) in [5.41, 5.74) is -0.0774. The monoisotopic (exact) mass is 410 g/mol. The van der Waals surface area contributed by atoms with Crippen LogP contribution in [0.5, 0.6) is 0 Å². The number of alkyl carbamates (subject to hydrolysis) is 1. The van der Waals surface area contributed by atoms with Crippen molar-refractivity contribution in [2.45, 2.75) is 65.8 Å².